The molecule has 0 bridgehead atoms. The van der Waals surface area contributed by atoms with Gasteiger partial charge in [-0.1, -0.05) is 199 Å². The standard InChI is InChI=1S/C48H86O8/c1-4-6-8-10-12-14-16-18-20-22-24-26-28-30-32-34-36-43(47(51)52)38-45(49)55-40-42(3)41-56-46(50)39-44(48(53)54)37-35-33-31-29-27-25-23-21-19-17-15-13-11-9-7-5-2/h32-35,42-44H,4-31,36-41H2,1-3H3,(H,51,52)(H,53,54)/b34-32+,35-33+. The third-order valence-electron chi connectivity index (χ3n) is 10.7. The highest BCUT2D eigenvalue weighted by molar-refractivity contribution is 5.79. The van der Waals surface area contributed by atoms with Crippen molar-refractivity contribution in [2.45, 2.75) is 226 Å². The molecule has 0 fully saturated rings. The molecule has 0 amide bonds. The zero-order valence-corrected chi connectivity index (χ0v) is 36.4. The molecule has 0 rings (SSSR count). The summed E-state index contributed by atoms with van der Waals surface area (Å²) in [6.45, 7) is 6.23. The van der Waals surface area contributed by atoms with Crippen molar-refractivity contribution in [2.24, 2.45) is 17.8 Å². The van der Waals surface area contributed by atoms with E-state index in [1.165, 1.54) is 154 Å². The van der Waals surface area contributed by atoms with Crippen molar-refractivity contribution in [3.05, 3.63) is 24.3 Å². The Morgan fingerprint density at radius 3 is 0.964 bits per heavy atom. The van der Waals surface area contributed by atoms with Gasteiger partial charge in [0, 0.05) is 5.92 Å². The molecule has 0 aliphatic carbocycles. The predicted octanol–water partition coefficient (Wildman–Crippen LogP) is 13.7. The van der Waals surface area contributed by atoms with Gasteiger partial charge in [-0.05, 0) is 38.5 Å². The van der Waals surface area contributed by atoms with Gasteiger partial charge >= 0.3 is 23.9 Å². The number of carboxylic acid groups (broad SMARTS) is 2. The Balaban J connectivity index is 4.03. The van der Waals surface area contributed by atoms with Gasteiger partial charge in [0.25, 0.3) is 0 Å². The molecule has 0 aromatic carbocycles. The van der Waals surface area contributed by atoms with Crippen LogP contribution in [0.5, 0.6) is 0 Å². The molecule has 0 saturated carbocycles. The van der Waals surface area contributed by atoms with Crippen LogP contribution in [0.1, 0.15) is 226 Å². The van der Waals surface area contributed by atoms with Crippen LogP contribution in [-0.4, -0.2) is 47.3 Å². The molecule has 0 heterocycles. The highest BCUT2D eigenvalue weighted by Gasteiger charge is 2.23. The van der Waals surface area contributed by atoms with Crippen LogP contribution >= 0.6 is 0 Å². The van der Waals surface area contributed by atoms with E-state index < -0.39 is 35.7 Å². The summed E-state index contributed by atoms with van der Waals surface area (Å²) in [5.74, 6) is -5.28. The van der Waals surface area contributed by atoms with Crippen LogP contribution in [0, 0.1) is 17.8 Å². The van der Waals surface area contributed by atoms with Crippen LogP contribution in [-0.2, 0) is 28.7 Å². The second-order valence-corrected chi connectivity index (χ2v) is 16.4. The number of hydrogen-bond donors (Lipinski definition) is 2. The molecule has 2 unspecified atom stereocenters. The minimum Gasteiger partial charge on any atom is -0.481 e. The highest BCUT2D eigenvalue weighted by atomic mass is 16.5. The van der Waals surface area contributed by atoms with E-state index in [1.54, 1.807) is 6.92 Å². The Bertz CT molecular complexity index is 927. The molecular formula is C48H86O8. The molecule has 0 saturated heterocycles. The zero-order valence-electron chi connectivity index (χ0n) is 36.4. The molecule has 0 aromatic heterocycles. The van der Waals surface area contributed by atoms with E-state index in [9.17, 15) is 29.4 Å². The molecule has 2 N–H and O–H groups in total. The lowest BCUT2D eigenvalue weighted by Crippen LogP contribution is -2.23. The van der Waals surface area contributed by atoms with Crippen LogP contribution in [0.2, 0.25) is 0 Å². The first-order valence-electron chi connectivity index (χ1n) is 23.3. The second kappa shape index (κ2) is 40.6. The Morgan fingerprint density at radius 1 is 0.429 bits per heavy atom. The lowest BCUT2D eigenvalue weighted by molar-refractivity contribution is -0.155. The fraction of sp³-hybridized carbons (Fsp3) is 0.833. The lowest BCUT2D eigenvalue weighted by atomic mass is 10.0. The maximum Gasteiger partial charge on any atom is 0.307 e. The first kappa shape index (κ1) is 53.4. The summed E-state index contributed by atoms with van der Waals surface area (Å²) >= 11 is 0. The van der Waals surface area contributed by atoms with Gasteiger partial charge in [0.15, 0.2) is 0 Å². The van der Waals surface area contributed by atoms with Gasteiger partial charge in [0.2, 0.25) is 0 Å². The van der Waals surface area contributed by atoms with E-state index in [0.717, 1.165) is 25.7 Å². The minimum absolute atomic E-state index is 0.0162. The molecule has 56 heavy (non-hydrogen) atoms. The van der Waals surface area contributed by atoms with E-state index in [4.69, 9.17) is 9.47 Å². The number of allylic oxidation sites excluding steroid dienone is 4. The molecule has 0 aliphatic heterocycles. The van der Waals surface area contributed by atoms with Crippen molar-refractivity contribution in [3.8, 4) is 0 Å². The van der Waals surface area contributed by atoms with Gasteiger partial charge in [0.05, 0.1) is 37.9 Å². The quantitative estimate of drug-likeness (QED) is 0.0355. The molecule has 0 spiro atoms. The topological polar surface area (TPSA) is 127 Å². The molecule has 326 valence electrons. The average Bonchev–Trinajstić information content (AvgIpc) is 3.17. The number of ether oxygens (including phenoxy) is 2. The van der Waals surface area contributed by atoms with Crippen LogP contribution in [0.4, 0.5) is 0 Å². The first-order chi connectivity index (χ1) is 27.2. The highest BCUT2D eigenvalue weighted by Crippen LogP contribution is 2.17. The third-order valence-corrected chi connectivity index (χ3v) is 10.7. The summed E-state index contributed by atoms with van der Waals surface area (Å²) in [4.78, 5) is 48.3. The molecule has 0 aromatic rings. The van der Waals surface area contributed by atoms with E-state index in [1.807, 2.05) is 24.3 Å². The Hall–Kier alpha value is -2.64. The van der Waals surface area contributed by atoms with Crippen molar-refractivity contribution in [1.29, 1.82) is 0 Å². The summed E-state index contributed by atoms with van der Waals surface area (Å²) in [6.07, 6.45) is 43.7. The number of hydrogen-bond acceptors (Lipinski definition) is 6. The molecule has 8 heteroatoms. The van der Waals surface area contributed by atoms with E-state index in [0.29, 0.717) is 0 Å². The maximum absolute atomic E-state index is 12.4. The number of esters is 2. The largest absolute Gasteiger partial charge is 0.481 e. The Kier molecular flexibility index (Phi) is 38.6. The van der Waals surface area contributed by atoms with Gasteiger partial charge in [-0.15, -0.1) is 0 Å². The van der Waals surface area contributed by atoms with E-state index in [-0.39, 0.29) is 44.8 Å². The second-order valence-electron chi connectivity index (χ2n) is 16.4. The van der Waals surface area contributed by atoms with Crippen molar-refractivity contribution in [2.75, 3.05) is 13.2 Å². The number of carbonyl (C=O) groups excluding carboxylic acids is 2. The van der Waals surface area contributed by atoms with Crippen LogP contribution in [0.25, 0.3) is 0 Å². The van der Waals surface area contributed by atoms with Crippen LogP contribution < -0.4 is 0 Å². The number of rotatable bonds is 42. The van der Waals surface area contributed by atoms with Crippen molar-refractivity contribution in [1.82, 2.24) is 0 Å². The summed E-state index contributed by atoms with van der Waals surface area (Å²) in [6, 6.07) is 0. The fourth-order valence-corrected chi connectivity index (χ4v) is 6.90. The summed E-state index contributed by atoms with van der Waals surface area (Å²) in [5, 5.41) is 19.2. The Morgan fingerprint density at radius 2 is 0.696 bits per heavy atom. The fourth-order valence-electron chi connectivity index (χ4n) is 6.90. The smallest absolute Gasteiger partial charge is 0.307 e. The van der Waals surface area contributed by atoms with Gasteiger partial charge in [-0.25, -0.2) is 0 Å². The lowest BCUT2D eigenvalue weighted by Gasteiger charge is -2.15. The molecule has 0 radical (unpaired) electrons. The van der Waals surface area contributed by atoms with Crippen molar-refractivity contribution >= 4 is 23.9 Å². The van der Waals surface area contributed by atoms with E-state index >= 15 is 0 Å². The van der Waals surface area contributed by atoms with Gasteiger partial charge in [0.1, 0.15) is 0 Å². The monoisotopic (exact) mass is 791 g/mol. The van der Waals surface area contributed by atoms with Crippen molar-refractivity contribution in [3.63, 3.8) is 0 Å². The summed E-state index contributed by atoms with van der Waals surface area (Å²) < 4.78 is 10.6. The average molecular weight is 791 g/mol. The number of aliphatic carboxylic acids is 2. The first-order valence-corrected chi connectivity index (χ1v) is 23.3. The SMILES string of the molecule is CCCCCCCCCCCCCCC/C=C/CC(CC(=O)OCC(C)COC(=O)CC(C/C=C/CCCCCCCCCCCCCCC)C(=O)O)C(=O)O. The summed E-state index contributed by atoms with van der Waals surface area (Å²) in [7, 11) is 0. The third kappa shape index (κ3) is 37.0. The number of unbranched alkanes of at least 4 members (excludes halogenated alkanes) is 26. The van der Waals surface area contributed by atoms with Crippen molar-refractivity contribution < 1.29 is 38.9 Å². The van der Waals surface area contributed by atoms with Gasteiger partial charge < -0.3 is 19.7 Å². The summed E-state index contributed by atoms with van der Waals surface area (Å²) in [5.41, 5.74) is 0. The van der Waals surface area contributed by atoms with E-state index in [2.05, 4.69) is 13.8 Å². The van der Waals surface area contributed by atoms with Crippen LogP contribution in [0.3, 0.4) is 0 Å². The normalized spacial score (nSPS) is 13.3. The maximum atomic E-state index is 12.4. The Labute approximate surface area is 343 Å². The molecular weight excluding hydrogens is 705 g/mol. The molecule has 2 atom stereocenters. The van der Waals surface area contributed by atoms with Crippen LogP contribution in [0.15, 0.2) is 24.3 Å². The zero-order chi connectivity index (χ0) is 41.3. The van der Waals surface area contributed by atoms with Gasteiger partial charge in [-0.2, -0.15) is 0 Å². The molecule has 8 nitrogen and oxygen atoms in total. The number of carbonyl (C=O) groups is 4. The number of carboxylic acids is 2. The predicted molar refractivity (Wildman–Crippen MR) is 231 cm³/mol. The van der Waals surface area contributed by atoms with Gasteiger partial charge in [-0.3, -0.25) is 19.2 Å². The molecule has 0 aliphatic rings. The minimum atomic E-state index is -1.03.